The topological polar surface area (TPSA) is 26.3 Å². The molecule has 0 saturated carbocycles. The summed E-state index contributed by atoms with van der Waals surface area (Å²) in [5.41, 5.74) is 4.73. The molecule has 1 atom stereocenters. The van der Waals surface area contributed by atoms with Crippen molar-refractivity contribution >= 4 is 11.5 Å². The Morgan fingerprint density at radius 1 is 0.957 bits per heavy atom. The highest BCUT2D eigenvalue weighted by molar-refractivity contribution is 5.82. The highest BCUT2D eigenvalue weighted by Gasteiger charge is 2.19. The number of carbonyl (C=O) groups is 1. The molecule has 23 heavy (non-hydrogen) atoms. The zero-order chi connectivity index (χ0) is 16.2. The summed E-state index contributed by atoms with van der Waals surface area (Å²) in [4.78, 5) is 12.2. The van der Waals surface area contributed by atoms with Crippen LogP contribution in [0.4, 0.5) is 0 Å². The Morgan fingerprint density at radius 3 is 2.13 bits per heavy atom. The standard InChI is InChI=1S/C21H20O2/c1-15-3-7-17(8-4-15)18-9-11-19(12-10-18)21(22)23-20-13-5-16(2)6-14-20/h3-11,13-14,19H,12H2,1-2H3. The Bertz CT molecular complexity index is 749. The fourth-order valence-corrected chi connectivity index (χ4v) is 2.55. The fraction of sp³-hybridized carbons (Fsp3) is 0.190. The second kappa shape index (κ2) is 6.66. The van der Waals surface area contributed by atoms with Gasteiger partial charge in [-0.2, -0.15) is 0 Å². The molecule has 0 spiro atoms. The van der Waals surface area contributed by atoms with E-state index in [1.807, 2.05) is 43.3 Å². The van der Waals surface area contributed by atoms with E-state index in [4.69, 9.17) is 4.74 Å². The predicted molar refractivity (Wildman–Crippen MR) is 93.2 cm³/mol. The summed E-state index contributed by atoms with van der Waals surface area (Å²) in [5.74, 6) is 0.178. The van der Waals surface area contributed by atoms with E-state index >= 15 is 0 Å². The summed E-state index contributed by atoms with van der Waals surface area (Å²) >= 11 is 0. The van der Waals surface area contributed by atoms with Crippen molar-refractivity contribution in [1.82, 2.24) is 0 Å². The van der Waals surface area contributed by atoms with Gasteiger partial charge in [-0.05, 0) is 43.5 Å². The first-order chi connectivity index (χ1) is 11.1. The normalized spacial score (nSPS) is 16.8. The lowest BCUT2D eigenvalue weighted by Crippen LogP contribution is -2.19. The van der Waals surface area contributed by atoms with Gasteiger partial charge in [0.15, 0.2) is 0 Å². The number of ether oxygens (including phenoxy) is 1. The van der Waals surface area contributed by atoms with Crippen LogP contribution in [0.15, 0.2) is 66.8 Å². The Labute approximate surface area is 137 Å². The Kier molecular flexibility index (Phi) is 4.42. The van der Waals surface area contributed by atoms with Crippen LogP contribution >= 0.6 is 0 Å². The van der Waals surface area contributed by atoms with Crippen molar-refractivity contribution in [2.45, 2.75) is 20.3 Å². The minimum atomic E-state index is -0.217. The summed E-state index contributed by atoms with van der Waals surface area (Å²) < 4.78 is 5.45. The molecule has 2 nitrogen and oxygen atoms in total. The van der Waals surface area contributed by atoms with Gasteiger partial charge in [-0.1, -0.05) is 65.8 Å². The van der Waals surface area contributed by atoms with Gasteiger partial charge >= 0.3 is 5.97 Å². The van der Waals surface area contributed by atoms with Gasteiger partial charge in [0.25, 0.3) is 0 Å². The first kappa shape index (κ1) is 15.3. The molecule has 0 radical (unpaired) electrons. The number of rotatable bonds is 3. The number of hydrogen-bond donors (Lipinski definition) is 0. The molecule has 2 heteroatoms. The highest BCUT2D eigenvalue weighted by atomic mass is 16.5. The summed E-state index contributed by atoms with van der Waals surface area (Å²) in [6.07, 6.45) is 6.72. The highest BCUT2D eigenvalue weighted by Crippen LogP contribution is 2.26. The maximum Gasteiger partial charge on any atom is 0.318 e. The van der Waals surface area contributed by atoms with E-state index in [9.17, 15) is 4.79 Å². The summed E-state index contributed by atoms with van der Waals surface area (Å²) in [5, 5.41) is 0. The van der Waals surface area contributed by atoms with Gasteiger partial charge in [0.1, 0.15) is 5.75 Å². The van der Waals surface area contributed by atoms with Crippen LogP contribution in [-0.2, 0) is 4.79 Å². The van der Waals surface area contributed by atoms with E-state index in [0.717, 1.165) is 11.1 Å². The second-order valence-electron chi connectivity index (χ2n) is 5.96. The van der Waals surface area contributed by atoms with E-state index < -0.39 is 0 Å². The minimum Gasteiger partial charge on any atom is -0.426 e. The molecule has 3 rings (SSSR count). The van der Waals surface area contributed by atoms with E-state index in [1.165, 1.54) is 11.1 Å². The molecule has 0 bridgehead atoms. The van der Waals surface area contributed by atoms with Crippen molar-refractivity contribution in [2.24, 2.45) is 5.92 Å². The van der Waals surface area contributed by atoms with Gasteiger partial charge in [0, 0.05) is 0 Å². The molecule has 0 heterocycles. The quantitative estimate of drug-likeness (QED) is 0.597. The van der Waals surface area contributed by atoms with Gasteiger partial charge in [0.2, 0.25) is 0 Å². The first-order valence-electron chi connectivity index (χ1n) is 7.85. The van der Waals surface area contributed by atoms with Crippen LogP contribution in [0.25, 0.3) is 5.57 Å². The molecule has 2 aromatic rings. The third-order valence-electron chi connectivity index (χ3n) is 4.03. The average molecular weight is 304 g/mol. The lowest BCUT2D eigenvalue weighted by atomic mass is 9.93. The van der Waals surface area contributed by atoms with E-state index in [2.05, 4.69) is 37.3 Å². The SMILES string of the molecule is Cc1ccc(OC(=O)C2C=CC(c3ccc(C)cc3)=CC2)cc1. The Morgan fingerprint density at radius 2 is 1.57 bits per heavy atom. The molecule has 116 valence electrons. The molecule has 0 amide bonds. The Hall–Kier alpha value is -2.61. The lowest BCUT2D eigenvalue weighted by Gasteiger charge is -2.15. The first-order valence-corrected chi connectivity index (χ1v) is 7.85. The third-order valence-corrected chi connectivity index (χ3v) is 4.03. The van der Waals surface area contributed by atoms with Crippen LogP contribution in [-0.4, -0.2) is 5.97 Å². The van der Waals surface area contributed by atoms with Gasteiger partial charge in [-0.3, -0.25) is 4.79 Å². The fourth-order valence-electron chi connectivity index (χ4n) is 2.55. The van der Waals surface area contributed by atoms with E-state index in [0.29, 0.717) is 12.2 Å². The molecule has 1 unspecified atom stereocenters. The molecular weight excluding hydrogens is 284 g/mol. The van der Waals surface area contributed by atoms with Crippen LogP contribution in [0.3, 0.4) is 0 Å². The average Bonchev–Trinajstić information content (AvgIpc) is 2.58. The Balaban J connectivity index is 1.64. The van der Waals surface area contributed by atoms with Gasteiger partial charge in [-0.15, -0.1) is 0 Å². The molecule has 2 aromatic carbocycles. The van der Waals surface area contributed by atoms with Crippen LogP contribution < -0.4 is 4.74 Å². The maximum absolute atomic E-state index is 12.2. The van der Waals surface area contributed by atoms with E-state index in [1.54, 1.807) is 0 Å². The molecule has 0 saturated heterocycles. The number of hydrogen-bond acceptors (Lipinski definition) is 2. The largest absolute Gasteiger partial charge is 0.426 e. The molecule has 1 aliphatic carbocycles. The van der Waals surface area contributed by atoms with Crippen molar-refractivity contribution in [3.63, 3.8) is 0 Å². The molecule has 0 aromatic heterocycles. The van der Waals surface area contributed by atoms with Crippen LogP contribution in [0.2, 0.25) is 0 Å². The lowest BCUT2D eigenvalue weighted by molar-refractivity contribution is -0.137. The number of allylic oxidation sites excluding steroid dienone is 3. The summed E-state index contributed by atoms with van der Waals surface area (Å²) in [7, 11) is 0. The minimum absolute atomic E-state index is 0.204. The number of carbonyl (C=O) groups excluding carboxylic acids is 1. The number of benzene rings is 2. The van der Waals surface area contributed by atoms with Crippen molar-refractivity contribution in [3.8, 4) is 5.75 Å². The molecule has 1 aliphatic rings. The predicted octanol–water partition coefficient (Wildman–Crippen LogP) is 4.87. The summed E-state index contributed by atoms with van der Waals surface area (Å²) in [6.45, 7) is 4.08. The number of esters is 1. The van der Waals surface area contributed by atoms with Gasteiger partial charge in [0.05, 0.1) is 5.92 Å². The zero-order valence-electron chi connectivity index (χ0n) is 13.5. The van der Waals surface area contributed by atoms with Crippen molar-refractivity contribution in [1.29, 1.82) is 0 Å². The smallest absolute Gasteiger partial charge is 0.318 e. The van der Waals surface area contributed by atoms with Crippen molar-refractivity contribution in [3.05, 3.63) is 83.4 Å². The molecule has 0 fully saturated rings. The monoisotopic (exact) mass is 304 g/mol. The number of aryl methyl sites for hydroxylation is 2. The third kappa shape index (κ3) is 3.78. The summed E-state index contributed by atoms with van der Waals surface area (Å²) in [6, 6.07) is 15.9. The van der Waals surface area contributed by atoms with E-state index in [-0.39, 0.29) is 11.9 Å². The molecule has 0 aliphatic heterocycles. The van der Waals surface area contributed by atoms with Crippen molar-refractivity contribution < 1.29 is 9.53 Å². The van der Waals surface area contributed by atoms with Crippen LogP contribution in [0.5, 0.6) is 5.75 Å². The van der Waals surface area contributed by atoms with Gasteiger partial charge < -0.3 is 4.74 Å². The maximum atomic E-state index is 12.2. The molecule has 0 N–H and O–H groups in total. The zero-order valence-corrected chi connectivity index (χ0v) is 13.5. The van der Waals surface area contributed by atoms with Crippen molar-refractivity contribution in [2.75, 3.05) is 0 Å². The molecular formula is C21H20O2. The van der Waals surface area contributed by atoms with Gasteiger partial charge in [-0.25, -0.2) is 0 Å². The second-order valence-corrected chi connectivity index (χ2v) is 5.96. The van der Waals surface area contributed by atoms with Crippen LogP contribution in [0.1, 0.15) is 23.1 Å². The van der Waals surface area contributed by atoms with Crippen LogP contribution in [0, 0.1) is 19.8 Å².